The molecule has 3 aromatic rings. The van der Waals surface area contributed by atoms with Crippen molar-refractivity contribution < 1.29 is 31.1 Å². The molecule has 0 aromatic carbocycles. The lowest BCUT2D eigenvalue weighted by Gasteiger charge is -2.11. The van der Waals surface area contributed by atoms with E-state index in [1.54, 1.807) is 6.07 Å². The van der Waals surface area contributed by atoms with Gasteiger partial charge in [0.05, 0.1) is 11.7 Å². The number of nitrogens with zero attached hydrogens (tertiary/aromatic N) is 5. The molecule has 1 aliphatic carbocycles. The van der Waals surface area contributed by atoms with Crippen molar-refractivity contribution in [2.45, 2.75) is 57.0 Å². The lowest BCUT2D eigenvalue weighted by molar-refractivity contribution is -0.142. The number of carbonyl (C=O) groups is 1. The lowest BCUT2D eigenvalue weighted by Crippen LogP contribution is -2.16. The predicted octanol–water partition coefficient (Wildman–Crippen LogP) is 4.64. The van der Waals surface area contributed by atoms with Gasteiger partial charge in [-0.1, -0.05) is 0 Å². The van der Waals surface area contributed by atoms with Gasteiger partial charge < -0.3 is 5.73 Å². The Morgan fingerprint density at radius 3 is 2.26 bits per heavy atom. The Morgan fingerprint density at radius 2 is 1.68 bits per heavy atom. The fraction of sp³-hybridized carbons (Fsp3) is 0.429. The molecule has 3 aromatic heterocycles. The molecule has 0 atom stereocenters. The van der Waals surface area contributed by atoms with E-state index in [4.69, 9.17) is 5.73 Å². The second-order valence-corrected chi connectivity index (χ2v) is 8.08. The Morgan fingerprint density at radius 1 is 0.971 bits per heavy atom. The molecule has 1 aliphatic heterocycles. The molecule has 0 radical (unpaired) electrons. The van der Waals surface area contributed by atoms with Crippen LogP contribution in [0.3, 0.4) is 0 Å². The number of nitrogens with two attached hydrogens (primary N) is 1. The predicted molar refractivity (Wildman–Crippen MR) is 107 cm³/mol. The van der Waals surface area contributed by atoms with Crippen LogP contribution in [0.2, 0.25) is 0 Å². The number of halogens is 6. The number of aryl methyl sites for hydroxylation is 2. The van der Waals surface area contributed by atoms with Gasteiger partial charge in [0.25, 0.3) is 5.91 Å². The minimum absolute atomic E-state index is 0.108. The number of hydrogen-bond acceptors (Lipinski definition) is 4. The van der Waals surface area contributed by atoms with Crippen LogP contribution < -0.4 is 5.73 Å². The van der Waals surface area contributed by atoms with E-state index in [1.807, 2.05) is 10.7 Å². The maximum atomic E-state index is 12.6. The largest absolute Gasteiger partial charge is 0.435 e. The van der Waals surface area contributed by atoms with Gasteiger partial charge >= 0.3 is 12.4 Å². The fourth-order valence-electron chi connectivity index (χ4n) is 3.62. The van der Waals surface area contributed by atoms with Crippen molar-refractivity contribution in [3.8, 4) is 11.3 Å². The molecule has 1 fully saturated rings. The van der Waals surface area contributed by atoms with Gasteiger partial charge in [0.15, 0.2) is 5.69 Å². The smallest absolute Gasteiger partial charge is 0.364 e. The molecule has 182 valence electrons. The molecule has 1 saturated carbocycles. The zero-order valence-electron chi connectivity index (χ0n) is 17.7. The third kappa shape index (κ3) is 5.23. The van der Waals surface area contributed by atoms with Crippen LogP contribution >= 0.6 is 0 Å². The zero-order valence-corrected chi connectivity index (χ0v) is 17.7. The fourth-order valence-corrected chi connectivity index (χ4v) is 3.62. The van der Waals surface area contributed by atoms with Crippen LogP contribution in [0.5, 0.6) is 0 Å². The summed E-state index contributed by atoms with van der Waals surface area (Å²) in [6, 6.07) is 5.07. The Kier molecular flexibility index (Phi) is 6.13. The third-order valence-corrected chi connectivity index (χ3v) is 5.43. The third-order valence-electron chi connectivity index (χ3n) is 5.43. The van der Waals surface area contributed by atoms with Gasteiger partial charge in [-0.15, -0.1) is 0 Å². The standard InChI is InChI=1S/C13H12F3N3.C8H8F3N3O/c14-13(15,16)12-7-9(4-5-17-12)11-8-10-3-1-2-6-19(10)18-11;9-8(10,11)6-3-5(7(12)15)14(13-6)4-1-2-4/h4-5,7-8H,1-3,6H2;3-4H,1-2H2,(H2,12,15). The monoisotopic (exact) mass is 486 g/mol. The Hall–Kier alpha value is -3.38. The van der Waals surface area contributed by atoms with Crippen LogP contribution in [-0.4, -0.2) is 30.5 Å². The van der Waals surface area contributed by atoms with Gasteiger partial charge in [-0.3, -0.25) is 19.1 Å². The molecule has 13 heteroatoms. The molecule has 2 aliphatic rings. The topological polar surface area (TPSA) is 91.6 Å². The zero-order chi connectivity index (χ0) is 24.7. The average molecular weight is 486 g/mol. The molecule has 7 nitrogen and oxygen atoms in total. The number of hydrogen-bond donors (Lipinski definition) is 1. The number of aromatic nitrogens is 5. The highest BCUT2D eigenvalue weighted by molar-refractivity contribution is 5.91. The van der Waals surface area contributed by atoms with E-state index in [-0.39, 0.29) is 11.7 Å². The second kappa shape index (κ2) is 8.76. The number of pyridine rings is 1. The van der Waals surface area contributed by atoms with E-state index >= 15 is 0 Å². The van der Waals surface area contributed by atoms with E-state index in [9.17, 15) is 31.1 Å². The number of fused-ring (bicyclic) bond motifs is 1. The van der Waals surface area contributed by atoms with Gasteiger partial charge in [-0.2, -0.15) is 36.5 Å². The van der Waals surface area contributed by atoms with E-state index in [1.165, 1.54) is 6.20 Å². The van der Waals surface area contributed by atoms with Gasteiger partial charge in [0, 0.05) is 30.1 Å². The van der Waals surface area contributed by atoms with Crippen molar-refractivity contribution in [1.82, 2.24) is 24.5 Å². The average Bonchev–Trinajstić information content (AvgIpc) is 3.34. The van der Waals surface area contributed by atoms with Crippen LogP contribution in [-0.2, 0) is 25.3 Å². The first-order chi connectivity index (χ1) is 15.9. The van der Waals surface area contributed by atoms with Crippen LogP contribution in [0.1, 0.15) is 59.3 Å². The van der Waals surface area contributed by atoms with Gasteiger partial charge in [0.1, 0.15) is 11.4 Å². The maximum Gasteiger partial charge on any atom is 0.435 e. The van der Waals surface area contributed by atoms with Crippen LogP contribution in [0, 0.1) is 0 Å². The molecule has 0 bridgehead atoms. The molecular formula is C21H20F6N6O. The summed E-state index contributed by atoms with van der Waals surface area (Å²) in [7, 11) is 0. The summed E-state index contributed by atoms with van der Waals surface area (Å²) in [4.78, 5) is 14.2. The number of carbonyl (C=O) groups excluding carboxylic acids is 1. The molecule has 34 heavy (non-hydrogen) atoms. The first-order valence-corrected chi connectivity index (χ1v) is 10.5. The van der Waals surface area contributed by atoms with Gasteiger partial charge in [0.2, 0.25) is 0 Å². The second-order valence-electron chi connectivity index (χ2n) is 8.08. The SMILES string of the molecule is FC(F)(F)c1cc(-c2cc3n(n2)CCCC3)ccn1.NC(=O)c1cc(C(F)(F)F)nn1C1CC1. The van der Waals surface area contributed by atoms with Gasteiger partial charge in [-0.25, -0.2) is 0 Å². The summed E-state index contributed by atoms with van der Waals surface area (Å²) < 4.78 is 77.7. The van der Waals surface area contributed by atoms with Gasteiger partial charge in [-0.05, 0) is 50.3 Å². The summed E-state index contributed by atoms with van der Waals surface area (Å²) in [5.41, 5.74) is 4.99. The quantitative estimate of drug-likeness (QED) is 0.547. The molecule has 0 unspecified atom stereocenters. The molecule has 2 N–H and O–H groups in total. The summed E-state index contributed by atoms with van der Waals surface area (Å²) in [5.74, 6) is -0.884. The van der Waals surface area contributed by atoms with Crippen molar-refractivity contribution >= 4 is 5.91 Å². The molecular weight excluding hydrogens is 466 g/mol. The summed E-state index contributed by atoms with van der Waals surface area (Å²) in [5, 5.41) is 7.72. The number of amides is 1. The minimum Gasteiger partial charge on any atom is -0.364 e. The van der Waals surface area contributed by atoms with Crippen LogP contribution in [0.15, 0.2) is 30.5 Å². The maximum absolute atomic E-state index is 12.6. The number of alkyl halides is 6. The summed E-state index contributed by atoms with van der Waals surface area (Å²) >= 11 is 0. The Labute approximate surface area is 189 Å². The minimum atomic E-state index is -4.54. The summed E-state index contributed by atoms with van der Waals surface area (Å²) in [6.07, 6.45) is -3.20. The highest BCUT2D eigenvalue weighted by Crippen LogP contribution is 2.37. The normalized spacial score (nSPS) is 15.9. The van der Waals surface area contributed by atoms with Crippen LogP contribution in [0.25, 0.3) is 11.3 Å². The van der Waals surface area contributed by atoms with Crippen LogP contribution in [0.4, 0.5) is 26.3 Å². The summed E-state index contributed by atoms with van der Waals surface area (Å²) in [6.45, 7) is 0.840. The molecule has 1 amide bonds. The Bertz CT molecular complexity index is 1170. The Balaban J connectivity index is 0.000000166. The molecule has 0 saturated heterocycles. The van der Waals surface area contributed by atoms with Crippen molar-refractivity contribution in [3.63, 3.8) is 0 Å². The molecule has 4 heterocycles. The molecule has 0 spiro atoms. The number of primary amides is 1. The highest BCUT2D eigenvalue weighted by Gasteiger charge is 2.38. The lowest BCUT2D eigenvalue weighted by atomic mass is 10.1. The van der Waals surface area contributed by atoms with E-state index in [0.717, 1.165) is 55.1 Å². The molecule has 5 rings (SSSR count). The van der Waals surface area contributed by atoms with E-state index in [0.29, 0.717) is 17.3 Å². The first kappa shape index (κ1) is 23.8. The van der Waals surface area contributed by atoms with E-state index in [2.05, 4.69) is 15.2 Å². The van der Waals surface area contributed by atoms with Crippen molar-refractivity contribution in [2.24, 2.45) is 5.73 Å². The number of rotatable bonds is 3. The van der Waals surface area contributed by atoms with Crippen molar-refractivity contribution in [2.75, 3.05) is 0 Å². The van der Waals surface area contributed by atoms with Crippen molar-refractivity contribution in [1.29, 1.82) is 0 Å². The highest BCUT2D eigenvalue weighted by atomic mass is 19.4. The first-order valence-electron chi connectivity index (χ1n) is 10.5. The van der Waals surface area contributed by atoms with Crippen molar-refractivity contribution in [3.05, 3.63) is 53.2 Å². The van der Waals surface area contributed by atoms with E-state index < -0.39 is 29.6 Å².